The second-order valence-corrected chi connectivity index (χ2v) is 8.10. The van der Waals surface area contributed by atoms with Crippen LogP contribution in [0.1, 0.15) is 30.4 Å². The van der Waals surface area contributed by atoms with E-state index >= 15 is 0 Å². The summed E-state index contributed by atoms with van der Waals surface area (Å²) in [5, 5.41) is 0. The summed E-state index contributed by atoms with van der Waals surface area (Å²) >= 11 is 0. The second-order valence-electron chi connectivity index (χ2n) is 8.10. The third-order valence-corrected chi connectivity index (χ3v) is 6.27. The molecule has 26 heavy (non-hydrogen) atoms. The van der Waals surface area contributed by atoms with Gasteiger partial charge in [-0.1, -0.05) is 6.07 Å². The minimum Gasteiger partial charge on any atom is -0.426 e. The van der Waals surface area contributed by atoms with Gasteiger partial charge in [0.1, 0.15) is 5.75 Å². The molecule has 2 saturated heterocycles. The van der Waals surface area contributed by atoms with E-state index in [1.807, 2.05) is 6.07 Å². The van der Waals surface area contributed by atoms with Crippen molar-refractivity contribution < 1.29 is 9.53 Å². The van der Waals surface area contributed by atoms with Crippen LogP contribution in [-0.2, 0) is 17.6 Å². The number of fused-ring (bicyclic) bond motifs is 1. The van der Waals surface area contributed by atoms with Crippen molar-refractivity contribution in [1.29, 1.82) is 0 Å². The van der Waals surface area contributed by atoms with Gasteiger partial charge in [0.05, 0.1) is 6.54 Å². The minimum atomic E-state index is -0.129. The number of likely N-dealkylation sites (tertiary alicyclic amines) is 1. The third kappa shape index (κ3) is 4.27. The Hall–Kier alpha value is -1.43. The lowest BCUT2D eigenvalue weighted by Crippen LogP contribution is -2.53. The van der Waals surface area contributed by atoms with Crippen LogP contribution in [-0.4, -0.2) is 79.6 Å². The minimum absolute atomic E-state index is 0.129. The number of carbonyl (C=O) groups is 1. The standard InChI is InChI=1S/C21H31N3O2/c1-22-9-7-19(8-10-22)24-13-11-23(12-14-24)16-21(25)26-20-6-5-17-3-2-4-18(17)15-20/h5-6,15,19H,2-4,7-14,16H2,1H3. The lowest BCUT2D eigenvalue weighted by molar-refractivity contribution is -0.136. The molecule has 0 amide bonds. The number of esters is 1. The molecule has 142 valence electrons. The van der Waals surface area contributed by atoms with Gasteiger partial charge in [0.25, 0.3) is 0 Å². The zero-order valence-electron chi connectivity index (χ0n) is 16.0. The first-order valence-corrected chi connectivity index (χ1v) is 10.1. The maximum Gasteiger partial charge on any atom is 0.325 e. The molecule has 0 spiro atoms. The molecule has 0 N–H and O–H groups in total. The molecule has 0 bridgehead atoms. The van der Waals surface area contributed by atoms with Gasteiger partial charge in [-0.05, 0) is 75.5 Å². The van der Waals surface area contributed by atoms with E-state index in [1.54, 1.807) is 0 Å². The number of piperazine rings is 1. The Morgan fingerprint density at radius 1 is 1.04 bits per heavy atom. The molecule has 2 heterocycles. The summed E-state index contributed by atoms with van der Waals surface area (Å²) in [7, 11) is 2.21. The van der Waals surface area contributed by atoms with Gasteiger partial charge < -0.3 is 9.64 Å². The fourth-order valence-electron chi connectivity index (χ4n) is 4.60. The quantitative estimate of drug-likeness (QED) is 0.607. The normalized spacial score (nSPS) is 23.1. The summed E-state index contributed by atoms with van der Waals surface area (Å²) in [4.78, 5) is 19.6. The van der Waals surface area contributed by atoms with Crippen molar-refractivity contribution in [3.63, 3.8) is 0 Å². The van der Waals surface area contributed by atoms with E-state index in [4.69, 9.17) is 4.74 Å². The fourth-order valence-corrected chi connectivity index (χ4v) is 4.60. The fraction of sp³-hybridized carbons (Fsp3) is 0.667. The Morgan fingerprint density at radius 3 is 2.54 bits per heavy atom. The number of ether oxygens (including phenoxy) is 1. The van der Waals surface area contributed by atoms with Crippen LogP contribution in [0.3, 0.4) is 0 Å². The summed E-state index contributed by atoms with van der Waals surface area (Å²) in [6, 6.07) is 6.84. The molecule has 1 aromatic carbocycles. The molecule has 3 aliphatic rings. The van der Waals surface area contributed by atoms with Crippen molar-refractivity contribution in [2.75, 3.05) is 52.9 Å². The molecule has 0 saturated carbocycles. The highest BCUT2D eigenvalue weighted by Crippen LogP contribution is 2.26. The topological polar surface area (TPSA) is 36.0 Å². The highest BCUT2D eigenvalue weighted by atomic mass is 16.5. The second kappa shape index (κ2) is 8.07. The molecule has 2 aliphatic heterocycles. The Morgan fingerprint density at radius 2 is 1.77 bits per heavy atom. The number of nitrogens with zero attached hydrogens (tertiary/aromatic N) is 3. The van der Waals surface area contributed by atoms with Gasteiger partial charge >= 0.3 is 5.97 Å². The van der Waals surface area contributed by atoms with Crippen molar-refractivity contribution >= 4 is 5.97 Å². The average molecular weight is 357 g/mol. The molecule has 2 fully saturated rings. The number of aryl methyl sites for hydroxylation is 2. The summed E-state index contributed by atoms with van der Waals surface area (Å²) in [5.41, 5.74) is 2.76. The Kier molecular flexibility index (Phi) is 5.57. The highest BCUT2D eigenvalue weighted by molar-refractivity contribution is 5.74. The smallest absolute Gasteiger partial charge is 0.325 e. The van der Waals surface area contributed by atoms with Gasteiger partial charge in [-0.15, -0.1) is 0 Å². The SMILES string of the molecule is CN1CCC(N2CCN(CC(=O)Oc3ccc4c(c3)CCC4)CC2)CC1. The van der Waals surface area contributed by atoms with E-state index in [-0.39, 0.29) is 5.97 Å². The van der Waals surface area contributed by atoms with Crippen LogP contribution in [0.5, 0.6) is 5.75 Å². The summed E-state index contributed by atoms with van der Waals surface area (Å²) in [6.45, 7) is 6.88. The van der Waals surface area contributed by atoms with Gasteiger partial charge in [-0.25, -0.2) is 0 Å². The zero-order chi connectivity index (χ0) is 17.9. The van der Waals surface area contributed by atoms with E-state index < -0.39 is 0 Å². The van der Waals surface area contributed by atoms with Gasteiger partial charge in [0.2, 0.25) is 0 Å². The molecule has 0 atom stereocenters. The predicted molar refractivity (Wildman–Crippen MR) is 103 cm³/mol. The molecular weight excluding hydrogens is 326 g/mol. The average Bonchev–Trinajstić information content (AvgIpc) is 3.11. The molecule has 1 aromatic rings. The predicted octanol–water partition coefficient (Wildman–Crippen LogP) is 1.79. The van der Waals surface area contributed by atoms with Crippen molar-refractivity contribution in [2.24, 2.45) is 0 Å². The van der Waals surface area contributed by atoms with Crippen molar-refractivity contribution in [1.82, 2.24) is 14.7 Å². The molecule has 1 aliphatic carbocycles. The summed E-state index contributed by atoms with van der Waals surface area (Å²) in [5.74, 6) is 0.580. The number of rotatable bonds is 4. The maximum atomic E-state index is 12.3. The number of carbonyl (C=O) groups excluding carboxylic acids is 1. The van der Waals surface area contributed by atoms with Gasteiger partial charge in [0.15, 0.2) is 0 Å². The first-order valence-electron chi connectivity index (χ1n) is 10.1. The van der Waals surface area contributed by atoms with Gasteiger partial charge in [-0.2, -0.15) is 0 Å². The van der Waals surface area contributed by atoms with E-state index in [2.05, 4.69) is 33.9 Å². The lowest BCUT2D eigenvalue weighted by atomic mass is 10.0. The Balaban J connectivity index is 1.22. The number of benzene rings is 1. The highest BCUT2D eigenvalue weighted by Gasteiger charge is 2.27. The van der Waals surface area contributed by atoms with Crippen molar-refractivity contribution in [3.05, 3.63) is 29.3 Å². The van der Waals surface area contributed by atoms with Gasteiger partial charge in [0, 0.05) is 32.2 Å². The maximum absolute atomic E-state index is 12.3. The van der Waals surface area contributed by atoms with Crippen molar-refractivity contribution in [2.45, 2.75) is 38.1 Å². The third-order valence-electron chi connectivity index (χ3n) is 6.27. The van der Waals surface area contributed by atoms with Crippen LogP contribution in [0.15, 0.2) is 18.2 Å². The Labute approximate surface area is 156 Å². The molecule has 0 aromatic heterocycles. The van der Waals surface area contributed by atoms with E-state index in [1.165, 1.54) is 43.5 Å². The van der Waals surface area contributed by atoms with Crippen LogP contribution in [0.2, 0.25) is 0 Å². The Bertz CT molecular complexity index is 632. The van der Waals surface area contributed by atoms with E-state index in [0.717, 1.165) is 45.1 Å². The van der Waals surface area contributed by atoms with E-state index in [0.29, 0.717) is 12.3 Å². The monoisotopic (exact) mass is 357 g/mol. The molecule has 0 radical (unpaired) electrons. The zero-order valence-corrected chi connectivity index (χ0v) is 16.0. The van der Waals surface area contributed by atoms with Crippen molar-refractivity contribution in [3.8, 4) is 5.75 Å². The van der Waals surface area contributed by atoms with Crippen LogP contribution < -0.4 is 4.74 Å². The molecule has 5 nitrogen and oxygen atoms in total. The number of hydrogen-bond donors (Lipinski definition) is 0. The summed E-state index contributed by atoms with van der Waals surface area (Å²) in [6.07, 6.45) is 6.03. The number of hydrogen-bond acceptors (Lipinski definition) is 5. The van der Waals surface area contributed by atoms with E-state index in [9.17, 15) is 4.79 Å². The summed E-state index contributed by atoms with van der Waals surface area (Å²) < 4.78 is 5.60. The van der Waals surface area contributed by atoms with Crippen LogP contribution >= 0.6 is 0 Å². The largest absolute Gasteiger partial charge is 0.426 e. The molecule has 5 heteroatoms. The first kappa shape index (κ1) is 18.0. The lowest BCUT2D eigenvalue weighted by Gasteiger charge is -2.41. The molecular formula is C21H31N3O2. The number of piperidine rings is 1. The molecule has 0 unspecified atom stereocenters. The first-order chi connectivity index (χ1) is 12.7. The van der Waals surface area contributed by atoms with Crippen LogP contribution in [0, 0.1) is 0 Å². The van der Waals surface area contributed by atoms with Crippen LogP contribution in [0.25, 0.3) is 0 Å². The van der Waals surface area contributed by atoms with Crippen LogP contribution in [0.4, 0.5) is 0 Å². The van der Waals surface area contributed by atoms with Gasteiger partial charge in [-0.3, -0.25) is 14.6 Å². The molecule has 4 rings (SSSR count).